The molecule has 7 nitrogen and oxygen atoms in total. The quantitative estimate of drug-likeness (QED) is 0.689. The molecule has 2 rings (SSSR count). The van der Waals surface area contributed by atoms with Crippen LogP contribution in [0.15, 0.2) is 29.4 Å². The normalized spacial score (nSPS) is 12.2. The monoisotopic (exact) mass is 375 g/mol. The number of hydrogen-bond acceptors (Lipinski definition) is 5. The molecule has 8 heteroatoms. The number of carbonyl (C=O) groups excluding carboxylic acids is 2. The second-order valence-corrected chi connectivity index (χ2v) is 7.34. The highest BCUT2D eigenvalue weighted by Crippen LogP contribution is 2.25. The van der Waals surface area contributed by atoms with Crippen LogP contribution in [-0.2, 0) is 11.3 Å². The summed E-state index contributed by atoms with van der Waals surface area (Å²) in [4.78, 5) is 23.7. The molecular weight excluding hydrogens is 350 g/mol. The van der Waals surface area contributed by atoms with Gasteiger partial charge in [0.1, 0.15) is 0 Å². The fraction of sp³-hybridized carbons (Fsp3) is 0.444. The molecule has 3 N–H and O–H groups in total. The van der Waals surface area contributed by atoms with E-state index in [9.17, 15) is 9.59 Å². The molecule has 0 unspecified atom stereocenters. The third-order valence-corrected chi connectivity index (χ3v) is 4.94. The Morgan fingerprint density at radius 3 is 2.42 bits per heavy atom. The minimum absolute atomic E-state index is 0.118. The van der Waals surface area contributed by atoms with Crippen LogP contribution in [0.5, 0.6) is 0 Å². The van der Waals surface area contributed by atoms with Crippen molar-refractivity contribution < 1.29 is 9.59 Å². The minimum Gasteiger partial charge on any atom is -0.369 e. The maximum atomic E-state index is 12.6. The zero-order valence-corrected chi connectivity index (χ0v) is 16.3. The summed E-state index contributed by atoms with van der Waals surface area (Å²) in [6, 6.07) is 7.14. The van der Waals surface area contributed by atoms with Crippen molar-refractivity contribution in [3.8, 4) is 0 Å². The smallest absolute Gasteiger partial charge is 0.251 e. The highest BCUT2D eigenvalue weighted by atomic mass is 32.2. The van der Waals surface area contributed by atoms with Crippen LogP contribution in [0.25, 0.3) is 0 Å². The molecule has 0 aliphatic rings. The molecule has 0 saturated carbocycles. The molecule has 1 aromatic heterocycles. The molecular formula is C18H25N5O2S. The molecule has 2 amide bonds. The van der Waals surface area contributed by atoms with Crippen molar-refractivity contribution in [2.75, 3.05) is 5.75 Å². The van der Waals surface area contributed by atoms with Crippen LogP contribution >= 0.6 is 11.8 Å². The number of nitrogens with one attached hydrogen (secondary N) is 1. The van der Waals surface area contributed by atoms with Gasteiger partial charge < -0.3 is 15.6 Å². The van der Waals surface area contributed by atoms with Crippen molar-refractivity contribution in [2.24, 2.45) is 11.7 Å². The van der Waals surface area contributed by atoms with Gasteiger partial charge in [-0.05, 0) is 31.9 Å². The number of rotatable bonds is 8. The Morgan fingerprint density at radius 1 is 1.23 bits per heavy atom. The summed E-state index contributed by atoms with van der Waals surface area (Å²) in [6.45, 7) is 8.62. The second-order valence-electron chi connectivity index (χ2n) is 6.40. The lowest BCUT2D eigenvalue weighted by Gasteiger charge is -2.22. The van der Waals surface area contributed by atoms with E-state index in [1.54, 1.807) is 12.1 Å². The SMILES string of the molecule is CCn1c(SCC(N)=O)nnc1[C@H](NC(=O)c1ccc(C)cc1)C(C)C. The van der Waals surface area contributed by atoms with Gasteiger partial charge in [-0.15, -0.1) is 10.2 Å². The first-order valence-electron chi connectivity index (χ1n) is 8.55. The molecule has 0 radical (unpaired) electrons. The predicted octanol–water partition coefficient (Wildman–Crippen LogP) is 2.31. The summed E-state index contributed by atoms with van der Waals surface area (Å²) in [7, 11) is 0. The number of aromatic nitrogens is 3. The van der Waals surface area contributed by atoms with Crippen molar-refractivity contribution in [3.63, 3.8) is 0 Å². The standard InChI is InChI=1S/C18H25N5O2S/c1-5-23-16(21-22-18(23)26-10-14(19)24)15(11(2)3)20-17(25)13-8-6-12(4)7-9-13/h6-9,11,15H,5,10H2,1-4H3,(H2,19,24)(H,20,25)/t15-/m1/s1. The molecule has 0 aliphatic heterocycles. The van der Waals surface area contributed by atoms with E-state index in [0.717, 1.165) is 5.56 Å². The molecule has 0 fully saturated rings. The maximum absolute atomic E-state index is 12.6. The third kappa shape index (κ3) is 4.85. The third-order valence-electron chi connectivity index (χ3n) is 3.95. The molecule has 2 aromatic rings. The van der Waals surface area contributed by atoms with Crippen LogP contribution in [0.1, 0.15) is 48.6 Å². The van der Waals surface area contributed by atoms with E-state index in [2.05, 4.69) is 15.5 Å². The zero-order valence-electron chi connectivity index (χ0n) is 15.5. The van der Waals surface area contributed by atoms with Gasteiger partial charge in [-0.3, -0.25) is 9.59 Å². The first-order valence-corrected chi connectivity index (χ1v) is 9.53. The minimum atomic E-state index is -0.407. The number of benzene rings is 1. The number of nitrogens with two attached hydrogens (primary N) is 1. The molecule has 0 aliphatic carbocycles. The number of carbonyl (C=O) groups is 2. The van der Waals surface area contributed by atoms with Crippen molar-refractivity contribution in [3.05, 3.63) is 41.2 Å². The Labute approximate surface area is 157 Å². The lowest BCUT2D eigenvalue weighted by molar-refractivity contribution is -0.115. The summed E-state index contributed by atoms with van der Waals surface area (Å²) in [6.07, 6.45) is 0. The van der Waals surface area contributed by atoms with Crippen LogP contribution in [0.3, 0.4) is 0 Å². The van der Waals surface area contributed by atoms with Gasteiger partial charge in [0.05, 0.1) is 11.8 Å². The topological polar surface area (TPSA) is 103 Å². The largest absolute Gasteiger partial charge is 0.369 e. The van der Waals surface area contributed by atoms with Gasteiger partial charge >= 0.3 is 0 Å². The Balaban J connectivity index is 2.25. The first kappa shape index (κ1) is 20.0. The Hall–Kier alpha value is -2.35. The fourth-order valence-electron chi connectivity index (χ4n) is 2.53. The molecule has 1 aromatic carbocycles. The highest BCUT2D eigenvalue weighted by molar-refractivity contribution is 7.99. The summed E-state index contributed by atoms with van der Waals surface area (Å²) in [5, 5.41) is 12.1. The number of nitrogens with zero attached hydrogens (tertiary/aromatic N) is 3. The summed E-state index contributed by atoms with van der Waals surface area (Å²) >= 11 is 1.25. The van der Waals surface area contributed by atoms with E-state index in [4.69, 9.17) is 5.73 Å². The van der Waals surface area contributed by atoms with Gasteiger partial charge in [0.25, 0.3) is 5.91 Å². The lowest BCUT2D eigenvalue weighted by atomic mass is 10.0. The van der Waals surface area contributed by atoms with Gasteiger partial charge in [-0.2, -0.15) is 0 Å². The molecule has 26 heavy (non-hydrogen) atoms. The maximum Gasteiger partial charge on any atom is 0.251 e. The highest BCUT2D eigenvalue weighted by Gasteiger charge is 2.26. The van der Waals surface area contributed by atoms with E-state index < -0.39 is 5.91 Å². The number of thioether (sulfide) groups is 1. The van der Waals surface area contributed by atoms with Crippen molar-refractivity contribution in [1.29, 1.82) is 0 Å². The molecule has 0 bridgehead atoms. The Kier molecular flexibility index (Phi) is 6.79. The zero-order chi connectivity index (χ0) is 19.3. The summed E-state index contributed by atoms with van der Waals surface area (Å²) in [5.41, 5.74) is 6.92. The van der Waals surface area contributed by atoms with Crippen LogP contribution in [-0.4, -0.2) is 32.3 Å². The number of hydrogen-bond donors (Lipinski definition) is 2. The molecule has 1 atom stereocenters. The van der Waals surface area contributed by atoms with Crippen LogP contribution in [0, 0.1) is 12.8 Å². The Bertz CT molecular complexity index is 770. The Morgan fingerprint density at radius 2 is 1.88 bits per heavy atom. The van der Waals surface area contributed by atoms with Gasteiger partial charge in [0.2, 0.25) is 5.91 Å². The number of aryl methyl sites for hydroxylation is 1. The van der Waals surface area contributed by atoms with Crippen LogP contribution in [0.2, 0.25) is 0 Å². The van der Waals surface area contributed by atoms with Gasteiger partial charge in [0.15, 0.2) is 11.0 Å². The van der Waals surface area contributed by atoms with E-state index in [0.29, 0.717) is 23.1 Å². The van der Waals surface area contributed by atoms with Crippen LogP contribution in [0.4, 0.5) is 0 Å². The summed E-state index contributed by atoms with van der Waals surface area (Å²) in [5.74, 6) is 0.374. The van der Waals surface area contributed by atoms with Crippen LogP contribution < -0.4 is 11.1 Å². The lowest BCUT2D eigenvalue weighted by Crippen LogP contribution is -2.33. The molecule has 1 heterocycles. The molecule has 0 spiro atoms. The fourth-order valence-corrected chi connectivity index (χ4v) is 3.28. The van der Waals surface area contributed by atoms with Gasteiger partial charge in [-0.25, -0.2) is 0 Å². The first-order chi connectivity index (χ1) is 12.3. The average Bonchev–Trinajstić information content (AvgIpc) is 3.00. The number of amides is 2. The van der Waals surface area contributed by atoms with Crippen molar-refractivity contribution in [1.82, 2.24) is 20.1 Å². The van der Waals surface area contributed by atoms with E-state index in [1.807, 2.05) is 44.4 Å². The number of primary amides is 1. The summed E-state index contributed by atoms with van der Waals surface area (Å²) < 4.78 is 1.91. The average molecular weight is 375 g/mol. The van der Waals surface area contributed by atoms with Crippen molar-refractivity contribution in [2.45, 2.75) is 45.4 Å². The predicted molar refractivity (Wildman–Crippen MR) is 102 cm³/mol. The van der Waals surface area contributed by atoms with E-state index in [1.165, 1.54) is 11.8 Å². The molecule has 0 saturated heterocycles. The van der Waals surface area contributed by atoms with Gasteiger partial charge in [0, 0.05) is 12.1 Å². The second kappa shape index (κ2) is 8.84. The van der Waals surface area contributed by atoms with Gasteiger partial charge in [-0.1, -0.05) is 43.3 Å². The van der Waals surface area contributed by atoms with Crippen molar-refractivity contribution >= 4 is 23.6 Å². The van der Waals surface area contributed by atoms with E-state index >= 15 is 0 Å². The molecule has 140 valence electrons. The van der Waals surface area contributed by atoms with E-state index in [-0.39, 0.29) is 23.6 Å².